The summed E-state index contributed by atoms with van der Waals surface area (Å²) in [5.74, 6) is -0.390. The minimum atomic E-state index is -0.539. The van der Waals surface area contributed by atoms with Crippen LogP contribution in [0, 0.1) is 0 Å². The largest absolute Gasteiger partial charge is 0.466 e. The molecule has 1 aliphatic rings. The van der Waals surface area contributed by atoms with Gasteiger partial charge in [0.15, 0.2) is 0 Å². The molecule has 3 rings (SSSR count). The van der Waals surface area contributed by atoms with E-state index in [4.69, 9.17) is 4.74 Å². The molecule has 0 fully saturated rings. The van der Waals surface area contributed by atoms with Crippen molar-refractivity contribution < 1.29 is 19.5 Å². The van der Waals surface area contributed by atoms with Gasteiger partial charge < -0.3 is 10.1 Å². The van der Waals surface area contributed by atoms with Crippen molar-refractivity contribution in [2.45, 2.75) is 13.3 Å². The van der Waals surface area contributed by atoms with E-state index in [1.807, 2.05) is 0 Å². The van der Waals surface area contributed by atoms with Gasteiger partial charge in [-0.25, -0.2) is 9.78 Å². The maximum Gasteiger partial charge on any atom is 0.349 e. The van der Waals surface area contributed by atoms with Crippen molar-refractivity contribution in [3.05, 3.63) is 35.3 Å². The van der Waals surface area contributed by atoms with Crippen molar-refractivity contribution >= 4 is 39.8 Å². The third-order valence-corrected chi connectivity index (χ3v) is 3.96. The Morgan fingerprint density at radius 2 is 2.22 bits per heavy atom. The van der Waals surface area contributed by atoms with Crippen molar-refractivity contribution in [3.8, 4) is 0 Å². The first-order chi connectivity index (χ1) is 11.1. The molecule has 2 aromatic rings. The SMILES string of the molecule is CCOC(=O)Cc1csc(N2C(=O)Nc3ccccc3N2O)n1. The third kappa shape index (κ3) is 2.96. The number of benzene rings is 1. The number of hydrogen-bond donors (Lipinski definition) is 2. The molecule has 0 aliphatic carbocycles. The summed E-state index contributed by atoms with van der Waals surface area (Å²) in [4.78, 5) is 27.9. The molecule has 120 valence electrons. The highest BCUT2D eigenvalue weighted by Crippen LogP contribution is 2.34. The number of anilines is 3. The monoisotopic (exact) mass is 334 g/mol. The molecule has 0 radical (unpaired) electrons. The Bertz CT molecular complexity index is 748. The fraction of sp³-hybridized carbons (Fsp3) is 0.214. The standard InChI is InChI=1S/C14H14N4O4S/c1-2-22-12(19)7-9-8-23-14(15-9)17-13(20)16-10-5-3-4-6-11(10)18(17)21/h3-6,8,21H,2,7H2,1H3,(H,16,20). The first-order valence-electron chi connectivity index (χ1n) is 6.89. The average molecular weight is 334 g/mol. The highest BCUT2D eigenvalue weighted by molar-refractivity contribution is 7.14. The van der Waals surface area contributed by atoms with Gasteiger partial charge in [0.25, 0.3) is 0 Å². The number of para-hydroxylation sites is 2. The molecule has 8 nitrogen and oxygen atoms in total. The molecule has 2 amide bonds. The van der Waals surface area contributed by atoms with Crippen LogP contribution in [0.1, 0.15) is 12.6 Å². The van der Waals surface area contributed by atoms with Crippen LogP contribution in [-0.2, 0) is 16.0 Å². The van der Waals surface area contributed by atoms with E-state index in [1.165, 1.54) is 0 Å². The summed E-state index contributed by atoms with van der Waals surface area (Å²) in [7, 11) is 0. The normalized spacial score (nSPS) is 13.6. The molecule has 0 spiro atoms. The summed E-state index contributed by atoms with van der Waals surface area (Å²) in [5, 5.41) is 16.6. The Kier molecular flexibility index (Phi) is 4.13. The number of carbonyl (C=O) groups excluding carboxylic acids is 2. The summed E-state index contributed by atoms with van der Waals surface area (Å²) >= 11 is 1.14. The van der Waals surface area contributed by atoms with Crippen LogP contribution in [0.5, 0.6) is 0 Å². The van der Waals surface area contributed by atoms with Crippen molar-refractivity contribution in [2.75, 3.05) is 22.1 Å². The van der Waals surface area contributed by atoms with Crippen LogP contribution in [0.2, 0.25) is 0 Å². The lowest BCUT2D eigenvalue weighted by atomic mass is 10.2. The number of thiazole rings is 1. The number of aromatic nitrogens is 1. The van der Waals surface area contributed by atoms with Gasteiger partial charge in [0, 0.05) is 5.38 Å². The van der Waals surface area contributed by atoms with E-state index < -0.39 is 12.0 Å². The second-order valence-corrected chi connectivity index (χ2v) is 5.49. The second-order valence-electron chi connectivity index (χ2n) is 4.65. The number of esters is 1. The van der Waals surface area contributed by atoms with Gasteiger partial charge in [0.2, 0.25) is 5.13 Å². The number of ether oxygens (including phenoxy) is 1. The average Bonchev–Trinajstić information content (AvgIpc) is 2.95. The van der Waals surface area contributed by atoms with Gasteiger partial charge in [-0.3, -0.25) is 10.0 Å². The van der Waals surface area contributed by atoms with E-state index in [1.54, 1.807) is 36.6 Å². The van der Waals surface area contributed by atoms with Gasteiger partial charge in [0.1, 0.15) is 5.69 Å². The molecule has 0 bridgehead atoms. The molecule has 0 saturated carbocycles. The Morgan fingerprint density at radius 3 is 3.00 bits per heavy atom. The lowest BCUT2D eigenvalue weighted by Gasteiger charge is -2.34. The molecular weight excluding hydrogens is 320 g/mol. The summed E-state index contributed by atoms with van der Waals surface area (Å²) in [6, 6.07) is 6.30. The summed E-state index contributed by atoms with van der Waals surface area (Å²) in [6.45, 7) is 2.02. The lowest BCUT2D eigenvalue weighted by Crippen LogP contribution is -2.50. The maximum absolute atomic E-state index is 12.2. The van der Waals surface area contributed by atoms with Gasteiger partial charge in [-0.15, -0.1) is 21.5 Å². The van der Waals surface area contributed by atoms with Crippen LogP contribution >= 0.6 is 11.3 Å². The molecule has 1 aromatic carbocycles. The minimum absolute atomic E-state index is 0.0157. The quantitative estimate of drug-likeness (QED) is 0.834. The topological polar surface area (TPSA) is 95.0 Å². The minimum Gasteiger partial charge on any atom is -0.466 e. The Balaban J connectivity index is 1.83. The Morgan fingerprint density at radius 1 is 1.43 bits per heavy atom. The zero-order valence-corrected chi connectivity index (χ0v) is 13.0. The van der Waals surface area contributed by atoms with E-state index in [0.717, 1.165) is 21.5 Å². The van der Waals surface area contributed by atoms with Crippen molar-refractivity contribution in [1.82, 2.24) is 4.98 Å². The maximum atomic E-state index is 12.2. The molecule has 2 N–H and O–H groups in total. The molecule has 0 saturated heterocycles. The number of nitrogens with zero attached hydrogens (tertiary/aromatic N) is 3. The zero-order valence-electron chi connectivity index (χ0n) is 12.2. The molecule has 1 aromatic heterocycles. The number of fused-ring (bicyclic) bond motifs is 1. The lowest BCUT2D eigenvalue weighted by molar-refractivity contribution is -0.142. The van der Waals surface area contributed by atoms with Crippen molar-refractivity contribution in [3.63, 3.8) is 0 Å². The first kappa shape index (κ1) is 15.3. The number of nitrogens with one attached hydrogen (secondary N) is 1. The van der Waals surface area contributed by atoms with Crippen molar-refractivity contribution in [1.29, 1.82) is 0 Å². The van der Waals surface area contributed by atoms with Gasteiger partial charge in [-0.1, -0.05) is 12.1 Å². The number of carbonyl (C=O) groups is 2. The van der Waals surface area contributed by atoms with Crippen LogP contribution in [0.25, 0.3) is 0 Å². The second kappa shape index (κ2) is 6.23. The molecule has 1 aliphatic heterocycles. The van der Waals surface area contributed by atoms with Crippen LogP contribution in [0.4, 0.5) is 21.3 Å². The molecule has 0 atom stereocenters. The first-order valence-corrected chi connectivity index (χ1v) is 7.77. The van der Waals surface area contributed by atoms with E-state index in [2.05, 4.69) is 10.3 Å². The predicted molar refractivity (Wildman–Crippen MR) is 84.7 cm³/mol. The van der Waals surface area contributed by atoms with Gasteiger partial charge in [-0.05, 0) is 19.1 Å². The van der Waals surface area contributed by atoms with Gasteiger partial charge in [0.05, 0.1) is 24.4 Å². The molecule has 23 heavy (non-hydrogen) atoms. The van der Waals surface area contributed by atoms with E-state index in [-0.39, 0.29) is 11.6 Å². The van der Waals surface area contributed by atoms with Gasteiger partial charge in [-0.2, -0.15) is 0 Å². The molecule has 0 unspecified atom stereocenters. The van der Waals surface area contributed by atoms with Crippen LogP contribution < -0.4 is 15.5 Å². The smallest absolute Gasteiger partial charge is 0.349 e. The summed E-state index contributed by atoms with van der Waals surface area (Å²) in [5.41, 5.74) is 1.40. The number of rotatable bonds is 4. The Hall–Kier alpha value is -2.65. The highest BCUT2D eigenvalue weighted by atomic mass is 32.1. The predicted octanol–water partition coefficient (Wildman–Crippen LogP) is 2.41. The van der Waals surface area contributed by atoms with Crippen LogP contribution in [-0.4, -0.2) is 28.8 Å². The third-order valence-electron chi connectivity index (χ3n) is 3.09. The van der Waals surface area contributed by atoms with Crippen LogP contribution in [0.3, 0.4) is 0 Å². The number of hydrogen-bond acceptors (Lipinski definition) is 7. The number of urea groups is 1. The van der Waals surface area contributed by atoms with E-state index in [0.29, 0.717) is 23.7 Å². The summed E-state index contributed by atoms with van der Waals surface area (Å²) < 4.78 is 4.86. The van der Waals surface area contributed by atoms with Crippen LogP contribution in [0.15, 0.2) is 29.6 Å². The van der Waals surface area contributed by atoms with Gasteiger partial charge >= 0.3 is 12.0 Å². The molecular formula is C14H14N4O4S. The fourth-order valence-electron chi connectivity index (χ4n) is 2.12. The Labute approximate surface area is 135 Å². The fourth-order valence-corrected chi connectivity index (χ4v) is 2.93. The zero-order chi connectivity index (χ0) is 16.4. The number of amides is 2. The number of hydrazine groups is 1. The molecule has 9 heteroatoms. The van der Waals surface area contributed by atoms with E-state index >= 15 is 0 Å². The highest BCUT2D eigenvalue weighted by Gasteiger charge is 2.32. The van der Waals surface area contributed by atoms with Crippen molar-refractivity contribution in [2.24, 2.45) is 0 Å². The summed E-state index contributed by atoms with van der Waals surface area (Å²) in [6.07, 6.45) is 0.0157. The molecule has 2 heterocycles. The van der Waals surface area contributed by atoms with E-state index in [9.17, 15) is 14.8 Å².